The Kier molecular flexibility index (Phi) is 4.45. The topological polar surface area (TPSA) is 25.8 Å². The number of aromatic nitrogens is 2. The molecule has 0 saturated carbocycles. The fraction of sp³-hybridized carbons (Fsp3) is 0. The first kappa shape index (κ1) is 16.6. The van der Waals surface area contributed by atoms with Crippen LogP contribution in [0.25, 0.3) is 30.8 Å². The Morgan fingerprint density at radius 1 is 0.625 bits per heavy atom. The molecule has 2 aromatic heterocycles. The number of rotatable bonds is 2. The Balaban J connectivity index is 1.81. The first-order chi connectivity index (χ1) is 11.5. The first-order valence-corrected chi connectivity index (χ1v) is 9.85. The number of fused-ring (bicyclic) bond motifs is 1. The van der Waals surface area contributed by atoms with Gasteiger partial charge in [0.15, 0.2) is 9.66 Å². The average Bonchev–Trinajstić information content (AvgIpc) is 3.11. The second-order valence-electron chi connectivity index (χ2n) is 4.85. The largest absolute Gasteiger partial charge is 0.223 e. The van der Waals surface area contributed by atoms with Gasteiger partial charge in [0, 0.05) is 11.1 Å². The van der Waals surface area contributed by atoms with Crippen LogP contribution in [0.15, 0.2) is 36.4 Å². The van der Waals surface area contributed by atoms with Gasteiger partial charge < -0.3 is 0 Å². The van der Waals surface area contributed by atoms with Gasteiger partial charge in [-0.3, -0.25) is 0 Å². The molecule has 0 fully saturated rings. The molecule has 0 aliphatic carbocycles. The van der Waals surface area contributed by atoms with Crippen LogP contribution in [0, 0.1) is 0 Å². The second kappa shape index (κ2) is 6.45. The van der Waals surface area contributed by atoms with Gasteiger partial charge in [-0.05, 0) is 12.1 Å². The third kappa shape index (κ3) is 2.81. The van der Waals surface area contributed by atoms with Crippen LogP contribution in [-0.4, -0.2) is 9.97 Å². The summed E-state index contributed by atoms with van der Waals surface area (Å²) in [5.41, 5.74) is 1.61. The summed E-state index contributed by atoms with van der Waals surface area (Å²) >= 11 is 27.6. The minimum absolute atomic E-state index is 0.499. The Morgan fingerprint density at radius 3 is 1.46 bits per heavy atom. The van der Waals surface area contributed by atoms with Gasteiger partial charge in [0.1, 0.15) is 10.0 Å². The highest BCUT2D eigenvalue weighted by atomic mass is 35.5. The maximum atomic E-state index is 6.27. The average molecular weight is 432 g/mol. The molecule has 0 bridgehead atoms. The maximum absolute atomic E-state index is 6.27. The minimum Gasteiger partial charge on any atom is -0.223 e. The Morgan fingerprint density at radius 2 is 1.04 bits per heavy atom. The molecule has 2 aromatic carbocycles. The van der Waals surface area contributed by atoms with E-state index in [0.29, 0.717) is 20.1 Å². The van der Waals surface area contributed by atoms with Gasteiger partial charge in [0.25, 0.3) is 0 Å². The van der Waals surface area contributed by atoms with Gasteiger partial charge in [-0.15, -0.1) is 0 Å². The van der Waals surface area contributed by atoms with Crippen molar-refractivity contribution in [3.05, 3.63) is 56.5 Å². The van der Waals surface area contributed by atoms with Gasteiger partial charge in [-0.25, -0.2) is 9.97 Å². The molecular weight excluding hydrogens is 426 g/mol. The summed E-state index contributed by atoms with van der Waals surface area (Å²) in [6, 6.07) is 11.0. The van der Waals surface area contributed by atoms with Crippen molar-refractivity contribution in [3.63, 3.8) is 0 Å². The van der Waals surface area contributed by atoms with Gasteiger partial charge in [0.2, 0.25) is 0 Å². The Hall–Kier alpha value is -0.880. The van der Waals surface area contributed by atoms with Crippen molar-refractivity contribution in [2.75, 3.05) is 0 Å². The zero-order valence-corrected chi connectivity index (χ0v) is 16.3. The van der Waals surface area contributed by atoms with Crippen LogP contribution in [0.5, 0.6) is 0 Å². The van der Waals surface area contributed by atoms with Crippen molar-refractivity contribution < 1.29 is 0 Å². The Bertz CT molecular complexity index is 959. The van der Waals surface area contributed by atoms with Crippen molar-refractivity contribution in [1.82, 2.24) is 9.97 Å². The van der Waals surface area contributed by atoms with E-state index >= 15 is 0 Å². The maximum Gasteiger partial charge on any atom is 0.155 e. The standard InChI is InChI=1S/C16H6Cl4N2S2/c17-9-5-1-3-7(11(9)19)13-21-15-16(23-13)22-14(24-15)8-4-2-6-10(18)12(8)20/h1-6H. The molecule has 0 unspecified atom stereocenters. The Labute approximate surface area is 165 Å². The highest BCUT2D eigenvalue weighted by Crippen LogP contribution is 2.42. The van der Waals surface area contributed by atoms with Crippen LogP contribution >= 0.6 is 69.1 Å². The molecule has 24 heavy (non-hydrogen) atoms. The van der Waals surface area contributed by atoms with Gasteiger partial charge in [-0.1, -0.05) is 93.3 Å². The molecule has 0 amide bonds. The minimum atomic E-state index is 0.499. The molecule has 2 nitrogen and oxygen atoms in total. The summed E-state index contributed by atoms with van der Waals surface area (Å²) in [4.78, 5) is 10.9. The molecule has 4 rings (SSSR count). The molecule has 0 N–H and O–H groups in total. The van der Waals surface area contributed by atoms with Crippen molar-refractivity contribution in [2.45, 2.75) is 0 Å². The zero-order valence-electron chi connectivity index (χ0n) is 11.7. The van der Waals surface area contributed by atoms with E-state index in [9.17, 15) is 0 Å². The number of nitrogens with zero attached hydrogens (tertiary/aromatic N) is 2. The number of hydrogen-bond donors (Lipinski definition) is 0. The summed E-state index contributed by atoms with van der Waals surface area (Å²) in [5, 5.41) is 3.59. The lowest BCUT2D eigenvalue weighted by Crippen LogP contribution is -1.79. The first-order valence-electron chi connectivity index (χ1n) is 6.70. The van der Waals surface area contributed by atoms with Crippen LogP contribution in [0.2, 0.25) is 20.1 Å². The molecule has 0 aliphatic rings. The highest BCUT2D eigenvalue weighted by molar-refractivity contribution is 7.29. The van der Waals surface area contributed by atoms with E-state index in [4.69, 9.17) is 46.4 Å². The zero-order chi connectivity index (χ0) is 16.8. The molecule has 0 radical (unpaired) electrons. The third-order valence-corrected chi connectivity index (χ3v) is 7.07. The van der Waals surface area contributed by atoms with Crippen LogP contribution in [0.1, 0.15) is 0 Å². The van der Waals surface area contributed by atoms with Crippen molar-refractivity contribution in [3.8, 4) is 21.1 Å². The predicted octanol–water partition coefficient (Wildman–Crippen LogP) is 7.70. The lowest BCUT2D eigenvalue weighted by Gasteiger charge is -2.02. The monoisotopic (exact) mass is 430 g/mol. The summed E-state index contributed by atoms with van der Waals surface area (Å²) in [5.74, 6) is 0. The van der Waals surface area contributed by atoms with Crippen molar-refractivity contribution in [2.24, 2.45) is 0 Å². The van der Waals surface area contributed by atoms with Crippen molar-refractivity contribution in [1.29, 1.82) is 0 Å². The van der Waals surface area contributed by atoms with E-state index in [-0.39, 0.29) is 0 Å². The number of hydrogen-bond acceptors (Lipinski definition) is 4. The second-order valence-corrected chi connectivity index (χ2v) is 8.38. The van der Waals surface area contributed by atoms with E-state index in [1.807, 2.05) is 24.3 Å². The number of benzene rings is 2. The van der Waals surface area contributed by atoms with E-state index in [1.165, 1.54) is 22.7 Å². The summed E-state index contributed by atoms with van der Waals surface area (Å²) in [7, 11) is 0. The summed E-state index contributed by atoms with van der Waals surface area (Å²) in [6.07, 6.45) is 0. The van der Waals surface area contributed by atoms with Gasteiger partial charge >= 0.3 is 0 Å². The smallest absolute Gasteiger partial charge is 0.155 e. The number of halogens is 4. The normalized spacial score (nSPS) is 11.3. The van der Waals surface area contributed by atoms with E-state index in [2.05, 4.69) is 9.97 Å². The quantitative estimate of drug-likeness (QED) is 0.324. The molecule has 0 spiro atoms. The summed E-state index contributed by atoms with van der Waals surface area (Å²) in [6.45, 7) is 0. The molecule has 0 saturated heterocycles. The molecule has 0 aliphatic heterocycles. The SMILES string of the molecule is Clc1cccc(-c2nc3sc(-c4cccc(Cl)c4Cl)nc3s2)c1Cl. The molecule has 0 atom stereocenters. The van der Waals surface area contributed by atoms with Crippen LogP contribution in [0.3, 0.4) is 0 Å². The molecule has 8 heteroatoms. The molecule has 120 valence electrons. The molecule has 4 aromatic rings. The van der Waals surface area contributed by atoms with Crippen LogP contribution < -0.4 is 0 Å². The third-order valence-electron chi connectivity index (χ3n) is 3.34. The van der Waals surface area contributed by atoms with Crippen molar-refractivity contribution >= 4 is 78.7 Å². The summed E-state index contributed by atoms with van der Waals surface area (Å²) < 4.78 is 0. The highest BCUT2D eigenvalue weighted by Gasteiger charge is 2.17. The molecular formula is C16H6Cl4N2S2. The van der Waals surface area contributed by atoms with E-state index in [0.717, 1.165) is 30.8 Å². The predicted molar refractivity (Wildman–Crippen MR) is 106 cm³/mol. The fourth-order valence-corrected chi connectivity index (χ4v) is 5.21. The van der Waals surface area contributed by atoms with Gasteiger partial charge in [0.05, 0.1) is 20.1 Å². The van der Waals surface area contributed by atoms with E-state index in [1.54, 1.807) is 12.1 Å². The molecule has 2 heterocycles. The lowest BCUT2D eigenvalue weighted by molar-refractivity contribution is 1.48. The van der Waals surface area contributed by atoms with Crippen LogP contribution in [-0.2, 0) is 0 Å². The lowest BCUT2D eigenvalue weighted by atomic mass is 10.2. The number of thiazole rings is 2. The van der Waals surface area contributed by atoms with Gasteiger partial charge in [-0.2, -0.15) is 0 Å². The van der Waals surface area contributed by atoms with E-state index < -0.39 is 0 Å². The van der Waals surface area contributed by atoms with Crippen LogP contribution in [0.4, 0.5) is 0 Å². The fourth-order valence-electron chi connectivity index (χ4n) is 2.21.